The Bertz CT molecular complexity index is 600. The number of rotatable bonds is 4. The summed E-state index contributed by atoms with van der Waals surface area (Å²) >= 11 is 0. The fraction of sp³-hybridized carbons (Fsp3) is 0.0833. The number of nitrogens with one attached hydrogen (secondary N) is 2. The van der Waals surface area contributed by atoms with Crippen molar-refractivity contribution in [2.75, 3.05) is 10.6 Å². The van der Waals surface area contributed by atoms with E-state index in [1.165, 1.54) is 12.4 Å². The van der Waals surface area contributed by atoms with Gasteiger partial charge in [0.25, 0.3) is 5.95 Å². The third-order valence-electron chi connectivity index (χ3n) is 2.28. The van der Waals surface area contributed by atoms with Crippen molar-refractivity contribution in [3.8, 4) is 0 Å². The van der Waals surface area contributed by atoms with Gasteiger partial charge in [0.1, 0.15) is 0 Å². The molecule has 0 unspecified atom stereocenters. The van der Waals surface area contributed by atoms with Gasteiger partial charge in [-0.3, -0.25) is 10.1 Å². The highest BCUT2D eigenvalue weighted by Gasteiger charge is 2.05. The first-order valence-corrected chi connectivity index (χ1v) is 5.66. The summed E-state index contributed by atoms with van der Waals surface area (Å²) in [6.45, 7) is 0. The van der Waals surface area contributed by atoms with Gasteiger partial charge in [-0.2, -0.15) is 5.10 Å². The van der Waals surface area contributed by atoms with Crippen molar-refractivity contribution >= 4 is 23.6 Å². The largest absolute Gasteiger partial charge is 0.481 e. The Hall–Kier alpha value is -3.03. The second kappa shape index (κ2) is 6.23. The predicted molar refractivity (Wildman–Crippen MR) is 70.3 cm³/mol. The number of carboxylic acids is 1. The maximum atomic E-state index is 11.6. The molecule has 1 heterocycles. The molecule has 3 N–H and O–H groups in total. The molecule has 2 aromatic rings. The lowest BCUT2D eigenvalue weighted by molar-refractivity contribution is -0.136. The number of benzene rings is 1. The number of hydrogen-bond donors (Lipinski definition) is 3. The van der Waals surface area contributed by atoms with Crippen LogP contribution in [0.2, 0.25) is 0 Å². The molecule has 102 valence electrons. The zero-order chi connectivity index (χ0) is 14.4. The highest BCUT2D eigenvalue weighted by atomic mass is 16.4. The molecule has 20 heavy (non-hydrogen) atoms. The fourth-order valence-corrected chi connectivity index (χ4v) is 1.45. The molecule has 0 fully saturated rings. The number of aliphatic carboxylic acids is 1. The van der Waals surface area contributed by atoms with Gasteiger partial charge in [-0.15, -0.1) is 5.10 Å². The second-order valence-electron chi connectivity index (χ2n) is 3.81. The van der Waals surface area contributed by atoms with Gasteiger partial charge in [0.15, 0.2) is 0 Å². The maximum Gasteiger partial charge on any atom is 0.326 e. The zero-order valence-corrected chi connectivity index (χ0v) is 10.3. The normalized spacial score (nSPS) is 9.80. The third kappa shape index (κ3) is 4.02. The smallest absolute Gasteiger partial charge is 0.326 e. The van der Waals surface area contributed by atoms with Crippen LogP contribution >= 0.6 is 0 Å². The summed E-state index contributed by atoms with van der Waals surface area (Å²) in [6.07, 6.45) is 2.74. The number of carboxylic acid groups (broad SMARTS) is 1. The molecule has 8 nitrogen and oxygen atoms in total. The van der Waals surface area contributed by atoms with Crippen LogP contribution < -0.4 is 10.6 Å². The van der Waals surface area contributed by atoms with Crippen molar-refractivity contribution in [2.24, 2.45) is 0 Å². The molecule has 1 aromatic heterocycles. The van der Waals surface area contributed by atoms with E-state index in [1.54, 1.807) is 24.3 Å². The summed E-state index contributed by atoms with van der Waals surface area (Å²) in [5, 5.41) is 20.8. The summed E-state index contributed by atoms with van der Waals surface area (Å²) in [6, 6.07) is 5.97. The average Bonchev–Trinajstić information content (AvgIpc) is 2.41. The molecule has 0 atom stereocenters. The minimum Gasteiger partial charge on any atom is -0.481 e. The Morgan fingerprint density at radius 3 is 2.45 bits per heavy atom. The van der Waals surface area contributed by atoms with Gasteiger partial charge in [-0.05, 0) is 17.7 Å². The van der Waals surface area contributed by atoms with E-state index in [0.29, 0.717) is 11.3 Å². The summed E-state index contributed by atoms with van der Waals surface area (Å²) in [4.78, 5) is 26.0. The number of nitrogens with zero attached hydrogens (tertiary/aromatic N) is 3. The molecule has 0 saturated carbocycles. The van der Waals surface area contributed by atoms with E-state index < -0.39 is 12.0 Å². The molecule has 0 saturated heterocycles. The van der Waals surface area contributed by atoms with E-state index in [1.807, 2.05) is 0 Å². The van der Waals surface area contributed by atoms with Crippen LogP contribution in [-0.2, 0) is 11.2 Å². The molecule has 2 amide bonds. The van der Waals surface area contributed by atoms with Crippen molar-refractivity contribution in [2.45, 2.75) is 6.42 Å². The van der Waals surface area contributed by atoms with Crippen molar-refractivity contribution in [1.82, 2.24) is 15.2 Å². The number of aromatic nitrogens is 3. The first kappa shape index (κ1) is 13.4. The number of hydrogen-bond acceptors (Lipinski definition) is 5. The highest BCUT2D eigenvalue weighted by molar-refractivity contribution is 5.98. The standard InChI is InChI=1S/C12H11N5O3/c18-10(19)7-8-1-3-9(4-2-8)15-12(20)16-11-13-5-6-14-17-11/h1-6H,7H2,(H,18,19)(H2,13,15,16,17,20). The van der Waals surface area contributed by atoms with Gasteiger partial charge in [0, 0.05) is 5.69 Å². The number of amides is 2. The molecular formula is C12H11N5O3. The predicted octanol–water partition coefficient (Wildman–Crippen LogP) is 1.14. The van der Waals surface area contributed by atoms with Gasteiger partial charge >= 0.3 is 12.0 Å². The van der Waals surface area contributed by atoms with Crippen molar-refractivity contribution in [1.29, 1.82) is 0 Å². The number of carbonyl (C=O) groups excluding carboxylic acids is 1. The Balaban J connectivity index is 1.93. The number of anilines is 2. The molecule has 2 rings (SSSR count). The van der Waals surface area contributed by atoms with E-state index >= 15 is 0 Å². The monoisotopic (exact) mass is 273 g/mol. The minimum absolute atomic E-state index is 0.0595. The quantitative estimate of drug-likeness (QED) is 0.769. The zero-order valence-electron chi connectivity index (χ0n) is 10.3. The van der Waals surface area contributed by atoms with Crippen molar-refractivity contribution in [3.63, 3.8) is 0 Å². The van der Waals surface area contributed by atoms with Crippen LogP contribution in [0.25, 0.3) is 0 Å². The van der Waals surface area contributed by atoms with Crippen LogP contribution in [0.15, 0.2) is 36.7 Å². The molecule has 8 heteroatoms. The van der Waals surface area contributed by atoms with E-state index in [4.69, 9.17) is 5.11 Å². The van der Waals surface area contributed by atoms with Crippen molar-refractivity contribution < 1.29 is 14.7 Å². The topological polar surface area (TPSA) is 117 Å². The molecule has 0 spiro atoms. The van der Waals surface area contributed by atoms with Gasteiger partial charge in [-0.25, -0.2) is 9.78 Å². The first-order valence-electron chi connectivity index (χ1n) is 5.66. The van der Waals surface area contributed by atoms with E-state index in [0.717, 1.165) is 0 Å². The minimum atomic E-state index is -0.905. The average molecular weight is 273 g/mol. The van der Waals surface area contributed by atoms with E-state index in [9.17, 15) is 9.59 Å². The van der Waals surface area contributed by atoms with Gasteiger partial charge in [0.05, 0.1) is 18.8 Å². The number of carbonyl (C=O) groups is 2. The molecule has 0 aliphatic heterocycles. The summed E-state index contributed by atoms with van der Waals surface area (Å²) < 4.78 is 0. The Labute approximate surface area is 113 Å². The lowest BCUT2D eigenvalue weighted by atomic mass is 10.1. The van der Waals surface area contributed by atoms with Crippen LogP contribution in [0.3, 0.4) is 0 Å². The highest BCUT2D eigenvalue weighted by Crippen LogP contribution is 2.10. The van der Waals surface area contributed by atoms with Crippen LogP contribution in [0.5, 0.6) is 0 Å². The molecule has 1 aromatic carbocycles. The van der Waals surface area contributed by atoms with Crippen LogP contribution in [0.1, 0.15) is 5.56 Å². The van der Waals surface area contributed by atoms with Gasteiger partial charge < -0.3 is 10.4 Å². The molecular weight excluding hydrogens is 262 g/mol. The Morgan fingerprint density at radius 1 is 1.10 bits per heavy atom. The summed E-state index contributed by atoms with van der Waals surface area (Å²) in [7, 11) is 0. The van der Waals surface area contributed by atoms with Crippen LogP contribution in [0, 0.1) is 0 Å². The van der Waals surface area contributed by atoms with Gasteiger partial charge in [0.2, 0.25) is 0 Å². The van der Waals surface area contributed by atoms with Crippen molar-refractivity contribution in [3.05, 3.63) is 42.2 Å². The molecule has 0 aliphatic rings. The van der Waals surface area contributed by atoms with Crippen LogP contribution in [-0.4, -0.2) is 32.3 Å². The maximum absolute atomic E-state index is 11.6. The lowest BCUT2D eigenvalue weighted by Crippen LogP contribution is -2.21. The molecule has 0 radical (unpaired) electrons. The number of urea groups is 1. The Morgan fingerprint density at radius 2 is 1.85 bits per heavy atom. The molecule has 0 bridgehead atoms. The molecule has 0 aliphatic carbocycles. The van der Waals surface area contributed by atoms with Crippen LogP contribution in [0.4, 0.5) is 16.4 Å². The summed E-state index contributed by atoms with van der Waals surface area (Å²) in [5.41, 5.74) is 1.18. The van der Waals surface area contributed by atoms with E-state index in [2.05, 4.69) is 25.8 Å². The summed E-state index contributed by atoms with van der Waals surface area (Å²) in [5.74, 6) is -0.815. The van der Waals surface area contributed by atoms with Gasteiger partial charge in [-0.1, -0.05) is 12.1 Å². The van der Waals surface area contributed by atoms with E-state index in [-0.39, 0.29) is 12.4 Å². The SMILES string of the molecule is O=C(O)Cc1ccc(NC(=O)Nc2nccnn2)cc1. The second-order valence-corrected chi connectivity index (χ2v) is 3.81. The third-order valence-corrected chi connectivity index (χ3v) is 2.28. The first-order chi connectivity index (χ1) is 9.63. The Kier molecular flexibility index (Phi) is 4.17. The fourth-order valence-electron chi connectivity index (χ4n) is 1.45. The lowest BCUT2D eigenvalue weighted by Gasteiger charge is -2.06.